The van der Waals surface area contributed by atoms with Gasteiger partial charge in [0.2, 0.25) is 0 Å². The van der Waals surface area contributed by atoms with Gasteiger partial charge in [-0.1, -0.05) is 54.1 Å². The van der Waals surface area contributed by atoms with Crippen molar-refractivity contribution in [1.29, 1.82) is 0 Å². The number of aryl methyl sites for hydroxylation is 1. The lowest BCUT2D eigenvalue weighted by atomic mass is 10.0. The summed E-state index contributed by atoms with van der Waals surface area (Å²) in [4.78, 5) is 11.3. The van der Waals surface area contributed by atoms with Crippen LogP contribution in [-0.2, 0) is 16.0 Å². The topological polar surface area (TPSA) is 26.3 Å². The molecule has 2 nitrogen and oxygen atoms in total. The maximum absolute atomic E-state index is 11.3. The van der Waals surface area contributed by atoms with Crippen LogP contribution in [0.2, 0.25) is 5.02 Å². The van der Waals surface area contributed by atoms with Gasteiger partial charge in [-0.05, 0) is 36.1 Å². The Morgan fingerprint density at radius 3 is 2.35 bits per heavy atom. The maximum atomic E-state index is 11.3. The van der Waals surface area contributed by atoms with Crippen molar-refractivity contribution >= 4 is 17.6 Å². The first kappa shape index (κ1) is 14.6. The molecule has 0 saturated carbocycles. The summed E-state index contributed by atoms with van der Waals surface area (Å²) in [5, 5.41) is 0.679. The van der Waals surface area contributed by atoms with Crippen molar-refractivity contribution in [3.63, 3.8) is 0 Å². The summed E-state index contributed by atoms with van der Waals surface area (Å²) in [6, 6.07) is 17.6. The number of hydrogen-bond donors (Lipinski definition) is 0. The molecule has 1 atom stereocenters. The average Bonchev–Trinajstić information content (AvgIpc) is 2.45. The summed E-state index contributed by atoms with van der Waals surface area (Å²) in [5.74, 6) is -0.266. The number of carbonyl (C=O) groups excluding carboxylic acids is 1. The highest BCUT2D eigenvalue weighted by Gasteiger charge is 2.14. The van der Waals surface area contributed by atoms with E-state index in [4.69, 9.17) is 16.3 Å². The fraction of sp³-hybridized carbons (Fsp3) is 0.235. The summed E-state index contributed by atoms with van der Waals surface area (Å²) in [5.41, 5.74) is 2.21. The van der Waals surface area contributed by atoms with E-state index in [1.165, 1.54) is 12.5 Å². The number of halogens is 1. The lowest BCUT2D eigenvalue weighted by Gasteiger charge is -2.17. The quantitative estimate of drug-likeness (QED) is 0.753. The Hall–Kier alpha value is -1.80. The van der Waals surface area contributed by atoms with Crippen LogP contribution in [0.5, 0.6) is 0 Å². The second-order valence-electron chi connectivity index (χ2n) is 4.67. The molecule has 0 bridgehead atoms. The zero-order chi connectivity index (χ0) is 14.4. The van der Waals surface area contributed by atoms with Gasteiger partial charge < -0.3 is 4.74 Å². The molecule has 0 aliphatic heterocycles. The summed E-state index contributed by atoms with van der Waals surface area (Å²) in [7, 11) is 0. The van der Waals surface area contributed by atoms with Gasteiger partial charge in [-0.3, -0.25) is 4.79 Å². The molecule has 0 saturated heterocycles. The Labute approximate surface area is 124 Å². The van der Waals surface area contributed by atoms with Crippen molar-refractivity contribution in [3.05, 3.63) is 70.7 Å². The largest absolute Gasteiger partial charge is 0.458 e. The molecular formula is C17H17ClO2. The van der Waals surface area contributed by atoms with E-state index in [9.17, 15) is 4.79 Å². The van der Waals surface area contributed by atoms with Crippen molar-refractivity contribution in [2.75, 3.05) is 0 Å². The average molecular weight is 289 g/mol. The van der Waals surface area contributed by atoms with Crippen molar-refractivity contribution < 1.29 is 9.53 Å². The van der Waals surface area contributed by atoms with Crippen LogP contribution >= 0.6 is 11.6 Å². The Bertz CT molecular complexity index is 549. The van der Waals surface area contributed by atoms with Gasteiger partial charge in [-0.25, -0.2) is 0 Å². The minimum Gasteiger partial charge on any atom is -0.458 e. The van der Waals surface area contributed by atoms with E-state index < -0.39 is 0 Å². The lowest BCUT2D eigenvalue weighted by Crippen LogP contribution is -2.09. The van der Waals surface area contributed by atoms with Gasteiger partial charge >= 0.3 is 5.97 Å². The molecule has 0 aliphatic carbocycles. The van der Waals surface area contributed by atoms with E-state index in [2.05, 4.69) is 12.1 Å². The highest BCUT2D eigenvalue weighted by Crippen LogP contribution is 2.25. The number of esters is 1. The predicted octanol–water partition coefficient (Wildman–Crippen LogP) is 4.58. The lowest BCUT2D eigenvalue weighted by molar-refractivity contribution is -0.147. The van der Waals surface area contributed by atoms with Crippen LogP contribution in [0, 0.1) is 0 Å². The van der Waals surface area contributed by atoms with Crippen molar-refractivity contribution in [3.8, 4) is 0 Å². The monoisotopic (exact) mass is 288 g/mol. The molecule has 0 aromatic heterocycles. The van der Waals surface area contributed by atoms with Crippen molar-refractivity contribution in [1.82, 2.24) is 0 Å². The number of benzene rings is 2. The Balaban J connectivity index is 2.07. The van der Waals surface area contributed by atoms with E-state index in [-0.39, 0.29) is 12.1 Å². The summed E-state index contributed by atoms with van der Waals surface area (Å²) >= 11 is 5.89. The van der Waals surface area contributed by atoms with Crippen LogP contribution in [0.25, 0.3) is 0 Å². The second-order valence-corrected chi connectivity index (χ2v) is 5.11. The van der Waals surface area contributed by atoms with Gasteiger partial charge in [0.25, 0.3) is 0 Å². The Morgan fingerprint density at radius 1 is 1.10 bits per heavy atom. The molecular weight excluding hydrogens is 272 g/mol. The first-order valence-electron chi connectivity index (χ1n) is 6.62. The molecule has 2 aromatic rings. The first-order valence-corrected chi connectivity index (χ1v) is 6.99. The highest BCUT2D eigenvalue weighted by molar-refractivity contribution is 6.30. The zero-order valence-corrected chi connectivity index (χ0v) is 12.1. The van der Waals surface area contributed by atoms with E-state index in [1.54, 1.807) is 0 Å². The molecule has 0 spiro atoms. The van der Waals surface area contributed by atoms with Crippen molar-refractivity contribution in [2.24, 2.45) is 0 Å². The van der Waals surface area contributed by atoms with Crippen LogP contribution in [0.15, 0.2) is 54.6 Å². The van der Waals surface area contributed by atoms with E-state index in [0.717, 1.165) is 18.4 Å². The van der Waals surface area contributed by atoms with Crippen LogP contribution in [0.4, 0.5) is 0 Å². The summed E-state index contributed by atoms with van der Waals surface area (Å²) in [6.07, 6.45) is 1.39. The van der Waals surface area contributed by atoms with Gasteiger partial charge in [-0.2, -0.15) is 0 Å². The smallest absolute Gasteiger partial charge is 0.303 e. The number of rotatable bonds is 5. The van der Waals surface area contributed by atoms with Crippen LogP contribution < -0.4 is 0 Å². The van der Waals surface area contributed by atoms with E-state index in [0.29, 0.717) is 5.02 Å². The minimum absolute atomic E-state index is 0.232. The maximum Gasteiger partial charge on any atom is 0.303 e. The number of ether oxygens (including phenoxy) is 1. The number of hydrogen-bond acceptors (Lipinski definition) is 2. The van der Waals surface area contributed by atoms with Crippen LogP contribution in [-0.4, -0.2) is 5.97 Å². The Morgan fingerprint density at radius 2 is 1.75 bits per heavy atom. The zero-order valence-electron chi connectivity index (χ0n) is 11.4. The second kappa shape index (κ2) is 7.11. The molecule has 2 aromatic carbocycles. The fourth-order valence-electron chi connectivity index (χ4n) is 2.11. The van der Waals surface area contributed by atoms with Gasteiger partial charge in [0.15, 0.2) is 0 Å². The highest BCUT2D eigenvalue weighted by atomic mass is 35.5. The van der Waals surface area contributed by atoms with Crippen LogP contribution in [0.1, 0.15) is 30.6 Å². The third-order valence-corrected chi connectivity index (χ3v) is 3.34. The van der Waals surface area contributed by atoms with E-state index in [1.807, 2.05) is 42.5 Å². The van der Waals surface area contributed by atoms with Crippen molar-refractivity contribution in [2.45, 2.75) is 25.9 Å². The third-order valence-electron chi connectivity index (χ3n) is 3.09. The summed E-state index contributed by atoms with van der Waals surface area (Å²) in [6.45, 7) is 1.44. The molecule has 2 rings (SSSR count). The molecule has 104 valence electrons. The summed E-state index contributed by atoms with van der Waals surface area (Å²) < 4.78 is 5.42. The molecule has 0 N–H and O–H groups in total. The molecule has 0 amide bonds. The predicted molar refractivity (Wildman–Crippen MR) is 80.7 cm³/mol. The van der Waals surface area contributed by atoms with Gasteiger partial charge in [0, 0.05) is 11.9 Å². The molecule has 0 aliphatic rings. The normalized spacial score (nSPS) is 11.9. The van der Waals surface area contributed by atoms with Gasteiger partial charge in [-0.15, -0.1) is 0 Å². The molecule has 0 radical (unpaired) electrons. The van der Waals surface area contributed by atoms with E-state index >= 15 is 0 Å². The molecule has 0 unspecified atom stereocenters. The number of carbonyl (C=O) groups is 1. The first-order chi connectivity index (χ1) is 9.65. The van der Waals surface area contributed by atoms with Gasteiger partial charge in [0.05, 0.1) is 0 Å². The third kappa shape index (κ3) is 4.39. The molecule has 3 heteroatoms. The Kier molecular flexibility index (Phi) is 5.19. The molecule has 0 fully saturated rings. The molecule has 20 heavy (non-hydrogen) atoms. The minimum atomic E-state index is -0.266. The standard InChI is InChI=1S/C17H17ClO2/c1-13(19)20-17(15-8-10-16(18)11-9-15)12-7-14-5-3-2-4-6-14/h2-6,8-11,17H,7,12H2,1H3/t17-/m1/s1. The molecule has 0 heterocycles. The SMILES string of the molecule is CC(=O)O[C@H](CCc1ccccc1)c1ccc(Cl)cc1. The fourth-order valence-corrected chi connectivity index (χ4v) is 2.24. The van der Waals surface area contributed by atoms with Gasteiger partial charge in [0.1, 0.15) is 6.10 Å². The van der Waals surface area contributed by atoms with Crippen LogP contribution in [0.3, 0.4) is 0 Å².